The highest BCUT2D eigenvalue weighted by Gasteiger charge is 2.39. The normalized spacial score (nSPS) is 18.3. The second-order valence-corrected chi connectivity index (χ2v) is 7.90. The molecule has 9 nitrogen and oxygen atoms in total. The summed E-state index contributed by atoms with van der Waals surface area (Å²) in [6.07, 6.45) is 3.30. The molecule has 0 bridgehead atoms. The van der Waals surface area contributed by atoms with Gasteiger partial charge in [0.25, 0.3) is 15.7 Å². The van der Waals surface area contributed by atoms with Gasteiger partial charge in [0.05, 0.1) is 11.0 Å². The molecular weight excluding hydrogens is 405 g/mol. The van der Waals surface area contributed by atoms with Crippen LogP contribution in [-0.4, -0.2) is 46.8 Å². The maximum absolute atomic E-state index is 13.2. The Balaban J connectivity index is 0.00000243. The number of nitro benzene ring substituents is 1. The van der Waals surface area contributed by atoms with Crippen molar-refractivity contribution >= 4 is 39.7 Å². The van der Waals surface area contributed by atoms with Gasteiger partial charge in [-0.25, -0.2) is 13.4 Å². The Kier molecular flexibility index (Phi) is 6.25. The van der Waals surface area contributed by atoms with Crippen LogP contribution in [0.4, 0.5) is 5.69 Å². The van der Waals surface area contributed by atoms with Gasteiger partial charge in [0, 0.05) is 50.2 Å². The minimum Gasteiger partial charge on any atom is -0.337 e. The van der Waals surface area contributed by atoms with Crippen LogP contribution in [0, 0.1) is 10.1 Å². The van der Waals surface area contributed by atoms with Crippen LogP contribution in [0.3, 0.4) is 0 Å². The number of aryl methyl sites for hydroxylation is 1. The monoisotopic (exact) mass is 421 g/mol. The molecule has 1 fully saturated rings. The largest absolute Gasteiger partial charge is 0.337 e. The van der Waals surface area contributed by atoms with Crippen molar-refractivity contribution in [3.05, 3.63) is 51.6 Å². The molecule has 3 rings (SSSR count). The van der Waals surface area contributed by atoms with Crippen LogP contribution in [0.1, 0.15) is 11.9 Å². The zero-order chi connectivity index (χ0) is 18.2. The number of nitrogens with one attached hydrogen (secondary N) is 1. The maximum atomic E-state index is 13.2. The lowest BCUT2D eigenvalue weighted by Crippen LogP contribution is -2.49. The molecule has 142 valence electrons. The Hall–Kier alpha value is -1.72. The lowest BCUT2D eigenvalue weighted by Gasteiger charge is -2.34. The highest BCUT2D eigenvalue weighted by molar-refractivity contribution is 7.89. The molecule has 0 spiro atoms. The van der Waals surface area contributed by atoms with Gasteiger partial charge >= 0.3 is 0 Å². The summed E-state index contributed by atoms with van der Waals surface area (Å²) in [5.74, 6) is 0.556. The third-order valence-electron chi connectivity index (χ3n) is 4.06. The van der Waals surface area contributed by atoms with Gasteiger partial charge in [0.1, 0.15) is 5.82 Å². The minimum atomic E-state index is -4.14. The van der Waals surface area contributed by atoms with E-state index in [1.54, 1.807) is 24.0 Å². The minimum absolute atomic E-state index is 0. The van der Waals surface area contributed by atoms with E-state index in [0.717, 1.165) is 12.1 Å². The first kappa shape index (κ1) is 20.6. The van der Waals surface area contributed by atoms with Gasteiger partial charge in [-0.2, -0.15) is 4.31 Å². The Labute approximate surface area is 161 Å². The van der Waals surface area contributed by atoms with E-state index in [1.165, 1.54) is 10.4 Å². The van der Waals surface area contributed by atoms with Crippen molar-refractivity contribution in [1.82, 2.24) is 19.2 Å². The molecule has 1 unspecified atom stereocenters. The molecule has 26 heavy (non-hydrogen) atoms. The number of hydrogen-bond acceptors (Lipinski definition) is 6. The van der Waals surface area contributed by atoms with Gasteiger partial charge in [0.2, 0.25) is 0 Å². The number of hydrogen-bond donors (Lipinski definition) is 1. The average molecular weight is 422 g/mol. The summed E-state index contributed by atoms with van der Waals surface area (Å²) in [6, 6.07) is 2.95. The Morgan fingerprint density at radius 3 is 2.77 bits per heavy atom. The second-order valence-electron chi connectivity index (χ2n) is 5.60. The van der Waals surface area contributed by atoms with Gasteiger partial charge < -0.3 is 9.88 Å². The Morgan fingerprint density at radius 2 is 2.15 bits per heavy atom. The first-order valence-electron chi connectivity index (χ1n) is 7.46. The van der Waals surface area contributed by atoms with E-state index in [1.807, 2.05) is 0 Å². The van der Waals surface area contributed by atoms with E-state index in [0.29, 0.717) is 18.9 Å². The van der Waals surface area contributed by atoms with Crippen molar-refractivity contribution < 1.29 is 13.3 Å². The number of benzene rings is 1. The molecule has 0 amide bonds. The first-order valence-corrected chi connectivity index (χ1v) is 9.28. The summed E-state index contributed by atoms with van der Waals surface area (Å²) >= 11 is 5.89. The molecule has 1 aliphatic rings. The summed E-state index contributed by atoms with van der Waals surface area (Å²) in [6.45, 7) is 0.969. The summed E-state index contributed by atoms with van der Waals surface area (Å²) in [4.78, 5) is 14.4. The number of imidazole rings is 1. The van der Waals surface area contributed by atoms with Gasteiger partial charge in [-0.05, 0) is 12.1 Å². The predicted molar refractivity (Wildman–Crippen MR) is 98.1 cm³/mol. The molecule has 1 atom stereocenters. The lowest BCUT2D eigenvalue weighted by atomic mass is 10.2. The number of piperazine rings is 1. The van der Waals surface area contributed by atoms with E-state index in [4.69, 9.17) is 11.6 Å². The Morgan fingerprint density at radius 1 is 1.42 bits per heavy atom. The third-order valence-corrected chi connectivity index (χ3v) is 6.23. The zero-order valence-corrected chi connectivity index (χ0v) is 16.1. The average Bonchev–Trinajstić information content (AvgIpc) is 3.00. The standard InChI is InChI=1S/C14H16ClN5O4S.ClH/c1-18-6-5-17-14(18)12-9-16-4-7-19(12)25(23,24)13-8-10(15)2-3-11(13)20(21)22;/h2-3,5-6,8,12,16H,4,7,9H2,1H3;1H. The van der Waals surface area contributed by atoms with Crippen molar-refractivity contribution in [1.29, 1.82) is 0 Å². The summed E-state index contributed by atoms with van der Waals surface area (Å²) in [5, 5.41) is 14.5. The van der Waals surface area contributed by atoms with Crippen molar-refractivity contribution in [2.75, 3.05) is 19.6 Å². The SMILES string of the molecule is Cl.Cn1ccnc1C1CNCCN1S(=O)(=O)c1cc(Cl)ccc1[N+](=O)[O-]. The molecule has 1 aliphatic heterocycles. The van der Waals surface area contributed by atoms with E-state index in [2.05, 4.69) is 10.3 Å². The number of nitrogens with zero attached hydrogens (tertiary/aromatic N) is 4. The van der Waals surface area contributed by atoms with E-state index in [-0.39, 0.29) is 24.0 Å². The summed E-state index contributed by atoms with van der Waals surface area (Å²) < 4.78 is 29.3. The molecular formula is C14H17Cl2N5O4S. The van der Waals surface area contributed by atoms with Crippen molar-refractivity contribution in [3.63, 3.8) is 0 Å². The highest BCUT2D eigenvalue weighted by Crippen LogP contribution is 2.34. The van der Waals surface area contributed by atoms with E-state index in [9.17, 15) is 18.5 Å². The predicted octanol–water partition coefficient (Wildman–Crippen LogP) is 1.74. The van der Waals surface area contributed by atoms with Crippen LogP contribution < -0.4 is 5.32 Å². The fourth-order valence-corrected chi connectivity index (χ4v) is 4.87. The maximum Gasteiger partial charge on any atom is 0.289 e. The Bertz CT molecular complexity index is 918. The fraction of sp³-hybridized carbons (Fsp3) is 0.357. The lowest BCUT2D eigenvalue weighted by molar-refractivity contribution is -0.387. The van der Waals surface area contributed by atoms with Gasteiger partial charge in [-0.3, -0.25) is 10.1 Å². The van der Waals surface area contributed by atoms with Crippen LogP contribution >= 0.6 is 24.0 Å². The molecule has 0 saturated carbocycles. The van der Waals surface area contributed by atoms with Crippen molar-refractivity contribution in [2.45, 2.75) is 10.9 Å². The molecule has 1 aromatic heterocycles. The number of nitro groups is 1. The first-order chi connectivity index (χ1) is 11.8. The van der Waals surface area contributed by atoms with Gasteiger partial charge in [0.15, 0.2) is 4.90 Å². The molecule has 1 N–H and O–H groups in total. The molecule has 2 aromatic rings. The fourth-order valence-electron chi connectivity index (χ4n) is 2.86. The molecule has 12 heteroatoms. The zero-order valence-electron chi connectivity index (χ0n) is 13.7. The van der Waals surface area contributed by atoms with Gasteiger partial charge in [-0.15, -0.1) is 12.4 Å². The second kappa shape index (κ2) is 7.89. The summed E-state index contributed by atoms with van der Waals surface area (Å²) in [7, 11) is -2.37. The van der Waals surface area contributed by atoms with Crippen LogP contribution in [0.5, 0.6) is 0 Å². The molecule has 1 aromatic carbocycles. The smallest absolute Gasteiger partial charge is 0.289 e. The van der Waals surface area contributed by atoms with E-state index >= 15 is 0 Å². The third kappa shape index (κ3) is 3.69. The molecule has 1 saturated heterocycles. The summed E-state index contributed by atoms with van der Waals surface area (Å²) in [5.41, 5.74) is -0.499. The van der Waals surface area contributed by atoms with Crippen LogP contribution in [0.25, 0.3) is 0 Å². The molecule has 0 aliphatic carbocycles. The topological polar surface area (TPSA) is 110 Å². The molecule has 2 heterocycles. The number of sulfonamides is 1. The van der Waals surface area contributed by atoms with E-state index < -0.39 is 31.6 Å². The molecule has 0 radical (unpaired) electrons. The number of aromatic nitrogens is 2. The van der Waals surface area contributed by atoms with Crippen molar-refractivity contribution in [2.24, 2.45) is 7.05 Å². The van der Waals surface area contributed by atoms with Crippen molar-refractivity contribution in [3.8, 4) is 0 Å². The van der Waals surface area contributed by atoms with Gasteiger partial charge in [-0.1, -0.05) is 11.6 Å². The number of halogens is 2. The highest BCUT2D eigenvalue weighted by atomic mass is 35.5. The van der Waals surface area contributed by atoms with Crippen LogP contribution in [0.2, 0.25) is 5.02 Å². The van der Waals surface area contributed by atoms with Crippen LogP contribution in [-0.2, 0) is 17.1 Å². The van der Waals surface area contributed by atoms with Crippen LogP contribution in [0.15, 0.2) is 35.5 Å². The number of rotatable bonds is 4. The quantitative estimate of drug-likeness (QED) is 0.594.